The number of para-hydroxylation sites is 2. The van der Waals surface area contributed by atoms with Gasteiger partial charge in [-0.1, -0.05) is 50.2 Å². The molecule has 44 heavy (non-hydrogen) atoms. The molecule has 2 aliphatic heterocycles. The highest BCUT2D eigenvalue weighted by atomic mass is 19.4. The summed E-state index contributed by atoms with van der Waals surface area (Å²) in [5.74, 6) is -0.447. The standard InChI is InChI=1S/C34H37F3N2O5/c1-24(2)23-42-29-11-7-6-8-26(29)22-38-19-16-33(17-20-38)18-21-39(31(33)44-32(41)34(35,36)37)30(40)25-12-14-28(15-13-25)43-27-9-4-3-5-10-27/h3-15,24,31H,16-23H2,1-2H3. The number of likely N-dealkylation sites (tertiary alicyclic amines) is 2. The van der Waals surface area contributed by atoms with Gasteiger partial charge in [0.2, 0.25) is 0 Å². The Morgan fingerprint density at radius 3 is 2.14 bits per heavy atom. The first kappa shape index (κ1) is 31.4. The molecule has 7 nitrogen and oxygen atoms in total. The van der Waals surface area contributed by atoms with E-state index in [9.17, 15) is 22.8 Å². The van der Waals surface area contributed by atoms with Gasteiger partial charge >= 0.3 is 12.1 Å². The Hall–Kier alpha value is -4.05. The summed E-state index contributed by atoms with van der Waals surface area (Å²) < 4.78 is 57.1. The topological polar surface area (TPSA) is 68.3 Å². The number of hydrogen-bond donors (Lipinski definition) is 0. The fourth-order valence-electron chi connectivity index (χ4n) is 5.86. The van der Waals surface area contributed by atoms with Crippen molar-refractivity contribution in [1.29, 1.82) is 0 Å². The van der Waals surface area contributed by atoms with Crippen LogP contribution in [0, 0.1) is 11.3 Å². The first-order valence-corrected chi connectivity index (χ1v) is 14.9. The lowest BCUT2D eigenvalue weighted by Gasteiger charge is -2.43. The highest BCUT2D eigenvalue weighted by Crippen LogP contribution is 2.47. The molecule has 1 spiro atoms. The Labute approximate surface area is 255 Å². The second-order valence-electron chi connectivity index (χ2n) is 11.9. The lowest BCUT2D eigenvalue weighted by molar-refractivity contribution is -0.217. The minimum absolute atomic E-state index is 0.183. The SMILES string of the molecule is CC(C)COc1ccccc1CN1CCC2(CC1)CCN(C(=O)c1ccc(Oc3ccccc3)cc1)C2OC(=O)C(F)(F)F. The average Bonchev–Trinajstić information content (AvgIpc) is 3.34. The third-order valence-electron chi connectivity index (χ3n) is 8.24. The molecule has 5 rings (SSSR count). The first-order chi connectivity index (χ1) is 21.0. The number of alkyl halides is 3. The van der Waals surface area contributed by atoms with Crippen molar-refractivity contribution in [2.75, 3.05) is 26.2 Å². The van der Waals surface area contributed by atoms with Gasteiger partial charge in [0.05, 0.1) is 6.61 Å². The molecule has 1 atom stereocenters. The number of carbonyl (C=O) groups excluding carboxylic acids is 2. The Morgan fingerprint density at radius 2 is 1.48 bits per heavy atom. The van der Waals surface area contributed by atoms with Crippen LogP contribution >= 0.6 is 0 Å². The number of esters is 1. The van der Waals surface area contributed by atoms with Crippen LogP contribution in [-0.2, 0) is 16.1 Å². The van der Waals surface area contributed by atoms with Gasteiger partial charge in [0.15, 0.2) is 6.23 Å². The van der Waals surface area contributed by atoms with Gasteiger partial charge in [-0.25, -0.2) is 4.79 Å². The number of amides is 1. The van der Waals surface area contributed by atoms with Crippen molar-refractivity contribution in [3.05, 3.63) is 90.0 Å². The Bertz CT molecular complexity index is 1420. The quantitative estimate of drug-likeness (QED) is 0.242. The predicted octanol–water partition coefficient (Wildman–Crippen LogP) is 7.07. The van der Waals surface area contributed by atoms with Crippen molar-refractivity contribution in [2.24, 2.45) is 11.3 Å². The smallest absolute Gasteiger partial charge is 0.491 e. The molecule has 0 aliphatic carbocycles. The molecule has 2 fully saturated rings. The minimum atomic E-state index is -5.17. The molecular formula is C34H37F3N2O5. The largest absolute Gasteiger partial charge is 0.493 e. The molecule has 1 unspecified atom stereocenters. The molecule has 0 bridgehead atoms. The zero-order valence-electron chi connectivity index (χ0n) is 24.9. The van der Waals surface area contributed by atoms with Crippen LogP contribution in [0.25, 0.3) is 0 Å². The Balaban J connectivity index is 1.29. The summed E-state index contributed by atoms with van der Waals surface area (Å²) >= 11 is 0. The van der Waals surface area contributed by atoms with Gasteiger partial charge in [-0.15, -0.1) is 0 Å². The number of nitrogens with zero attached hydrogens (tertiary/aromatic N) is 2. The number of ether oxygens (including phenoxy) is 3. The molecule has 0 aromatic heterocycles. The number of hydrogen-bond acceptors (Lipinski definition) is 6. The third-order valence-corrected chi connectivity index (χ3v) is 8.24. The van der Waals surface area contributed by atoms with Crippen molar-refractivity contribution in [2.45, 2.75) is 52.1 Å². The van der Waals surface area contributed by atoms with Gasteiger partial charge < -0.3 is 19.1 Å². The lowest BCUT2D eigenvalue weighted by atomic mass is 9.76. The summed E-state index contributed by atoms with van der Waals surface area (Å²) in [5, 5.41) is 0. The van der Waals surface area contributed by atoms with Crippen LogP contribution in [-0.4, -0.2) is 60.3 Å². The summed E-state index contributed by atoms with van der Waals surface area (Å²) in [6.07, 6.45) is -5.11. The van der Waals surface area contributed by atoms with Crippen LogP contribution in [0.1, 0.15) is 49.0 Å². The second-order valence-corrected chi connectivity index (χ2v) is 11.9. The fraction of sp³-hybridized carbons (Fsp3) is 0.412. The van der Waals surface area contributed by atoms with Crippen LogP contribution in [0.15, 0.2) is 78.9 Å². The molecule has 234 valence electrons. The van der Waals surface area contributed by atoms with Gasteiger partial charge in [-0.3, -0.25) is 9.69 Å². The maximum absolute atomic E-state index is 13.6. The van der Waals surface area contributed by atoms with Crippen LogP contribution in [0.5, 0.6) is 17.2 Å². The normalized spacial score (nSPS) is 18.4. The van der Waals surface area contributed by atoms with Crippen molar-refractivity contribution in [1.82, 2.24) is 9.80 Å². The van der Waals surface area contributed by atoms with Gasteiger partial charge in [0, 0.05) is 29.6 Å². The fourth-order valence-corrected chi connectivity index (χ4v) is 5.86. The van der Waals surface area contributed by atoms with Crippen LogP contribution in [0.2, 0.25) is 0 Å². The second kappa shape index (κ2) is 13.3. The first-order valence-electron chi connectivity index (χ1n) is 14.9. The molecule has 0 saturated carbocycles. The monoisotopic (exact) mass is 610 g/mol. The summed E-state index contributed by atoms with van der Waals surface area (Å²) in [5.41, 5.74) is 0.523. The number of rotatable bonds is 9. The van der Waals surface area contributed by atoms with E-state index in [1.54, 1.807) is 36.4 Å². The molecule has 3 aromatic carbocycles. The van der Waals surface area contributed by atoms with E-state index in [4.69, 9.17) is 14.2 Å². The van der Waals surface area contributed by atoms with Crippen molar-refractivity contribution < 1.29 is 37.0 Å². The van der Waals surface area contributed by atoms with E-state index in [1.165, 1.54) is 4.90 Å². The van der Waals surface area contributed by atoms with Crippen LogP contribution in [0.3, 0.4) is 0 Å². The Kier molecular flexibility index (Phi) is 9.48. The maximum Gasteiger partial charge on any atom is 0.491 e. The van der Waals surface area contributed by atoms with E-state index >= 15 is 0 Å². The van der Waals surface area contributed by atoms with Gasteiger partial charge in [-0.2, -0.15) is 13.2 Å². The van der Waals surface area contributed by atoms with Crippen LogP contribution in [0.4, 0.5) is 13.2 Å². The zero-order chi connectivity index (χ0) is 31.3. The molecule has 3 aromatic rings. The van der Waals surface area contributed by atoms with Gasteiger partial charge in [0.1, 0.15) is 17.2 Å². The Morgan fingerprint density at radius 1 is 0.864 bits per heavy atom. The molecule has 0 N–H and O–H groups in total. The molecule has 10 heteroatoms. The maximum atomic E-state index is 13.6. The summed E-state index contributed by atoms with van der Waals surface area (Å²) in [6.45, 7) is 6.72. The summed E-state index contributed by atoms with van der Waals surface area (Å²) in [7, 11) is 0. The van der Waals surface area contributed by atoms with E-state index in [1.807, 2.05) is 42.5 Å². The highest BCUT2D eigenvalue weighted by molar-refractivity contribution is 5.95. The molecule has 2 saturated heterocycles. The van der Waals surface area contributed by atoms with E-state index < -0.39 is 29.7 Å². The molecule has 2 heterocycles. The summed E-state index contributed by atoms with van der Waals surface area (Å²) in [6, 6.07) is 23.4. The van der Waals surface area contributed by atoms with Crippen LogP contribution < -0.4 is 9.47 Å². The molecule has 0 radical (unpaired) electrons. The number of halogens is 3. The van der Waals surface area contributed by atoms with Crippen molar-refractivity contribution >= 4 is 11.9 Å². The number of benzene rings is 3. The average molecular weight is 611 g/mol. The van der Waals surface area contributed by atoms with E-state index in [0.717, 1.165) is 11.3 Å². The van der Waals surface area contributed by atoms with Crippen molar-refractivity contribution in [3.63, 3.8) is 0 Å². The van der Waals surface area contributed by atoms with Gasteiger partial charge in [0.25, 0.3) is 5.91 Å². The lowest BCUT2D eigenvalue weighted by Crippen LogP contribution is -2.51. The summed E-state index contributed by atoms with van der Waals surface area (Å²) in [4.78, 5) is 29.2. The van der Waals surface area contributed by atoms with Gasteiger partial charge in [-0.05, 0) is 80.7 Å². The molecule has 1 amide bonds. The third kappa shape index (κ3) is 7.35. The number of piperidine rings is 1. The minimum Gasteiger partial charge on any atom is -0.493 e. The highest BCUT2D eigenvalue weighted by Gasteiger charge is 2.55. The zero-order valence-corrected chi connectivity index (χ0v) is 24.9. The van der Waals surface area contributed by atoms with Crippen molar-refractivity contribution in [3.8, 4) is 17.2 Å². The molecule has 2 aliphatic rings. The number of carbonyl (C=O) groups is 2. The van der Waals surface area contributed by atoms with E-state index in [-0.39, 0.29) is 12.1 Å². The van der Waals surface area contributed by atoms with E-state index in [0.29, 0.717) is 62.9 Å². The molecular weight excluding hydrogens is 573 g/mol. The van der Waals surface area contributed by atoms with E-state index in [2.05, 4.69) is 18.7 Å². The predicted molar refractivity (Wildman–Crippen MR) is 158 cm³/mol.